The van der Waals surface area contributed by atoms with Gasteiger partial charge < -0.3 is 9.72 Å². The maximum Gasteiger partial charge on any atom is 0.446 e. The quantitative estimate of drug-likeness (QED) is 0.542. The van der Waals surface area contributed by atoms with E-state index in [9.17, 15) is 18.0 Å². The molecule has 0 aliphatic heterocycles. The third-order valence-electron chi connectivity index (χ3n) is 3.41. The molecule has 0 unspecified atom stereocenters. The molecule has 1 N–H and O–H groups in total. The Morgan fingerprint density at radius 2 is 2.04 bits per heavy atom. The van der Waals surface area contributed by atoms with Crippen molar-refractivity contribution in [2.75, 3.05) is 0 Å². The van der Waals surface area contributed by atoms with Crippen molar-refractivity contribution in [2.24, 2.45) is 0 Å². The standard InChI is InChI=1S/C17H13F3N4OS/c1-2-14(25)22-9-12-10-24-8-7-21-16(24)15(23-12)11-3-5-13(6-4-11)26-17(18,19)20/h2-8,10H,1,9H2,(H,22,25). The van der Waals surface area contributed by atoms with Crippen LogP contribution in [0.5, 0.6) is 0 Å². The maximum atomic E-state index is 12.5. The molecule has 0 spiro atoms. The van der Waals surface area contributed by atoms with E-state index in [0.717, 1.165) is 6.08 Å². The van der Waals surface area contributed by atoms with Crippen LogP contribution in [0.15, 0.2) is 60.4 Å². The van der Waals surface area contributed by atoms with Crippen molar-refractivity contribution in [1.29, 1.82) is 0 Å². The van der Waals surface area contributed by atoms with E-state index in [1.54, 1.807) is 35.1 Å². The summed E-state index contributed by atoms with van der Waals surface area (Å²) in [6, 6.07) is 5.91. The second kappa shape index (κ2) is 7.20. The van der Waals surface area contributed by atoms with Gasteiger partial charge in [-0.05, 0) is 30.0 Å². The zero-order chi connectivity index (χ0) is 18.7. The smallest absolute Gasteiger partial charge is 0.347 e. The number of imidazole rings is 1. The number of amides is 1. The highest BCUT2D eigenvalue weighted by Gasteiger charge is 2.29. The molecule has 2 aromatic heterocycles. The third-order valence-corrected chi connectivity index (χ3v) is 4.15. The summed E-state index contributed by atoms with van der Waals surface area (Å²) in [6.07, 6.45) is 6.21. The number of nitrogens with zero attached hydrogens (tertiary/aromatic N) is 3. The number of hydrogen-bond acceptors (Lipinski definition) is 4. The first-order valence-corrected chi connectivity index (χ1v) is 8.26. The Labute approximate surface area is 151 Å². The van der Waals surface area contributed by atoms with E-state index >= 15 is 0 Å². The Kier molecular flexibility index (Phi) is 4.99. The second-order valence-corrected chi connectivity index (χ2v) is 6.37. The first kappa shape index (κ1) is 18.0. The van der Waals surface area contributed by atoms with Gasteiger partial charge in [-0.1, -0.05) is 18.7 Å². The number of aromatic nitrogens is 3. The fourth-order valence-electron chi connectivity index (χ4n) is 2.33. The Balaban J connectivity index is 1.94. The van der Waals surface area contributed by atoms with Crippen molar-refractivity contribution < 1.29 is 18.0 Å². The van der Waals surface area contributed by atoms with Crippen molar-refractivity contribution in [3.8, 4) is 11.3 Å². The van der Waals surface area contributed by atoms with Gasteiger partial charge in [0.1, 0.15) is 5.69 Å². The van der Waals surface area contributed by atoms with Gasteiger partial charge in [-0.3, -0.25) is 4.79 Å². The summed E-state index contributed by atoms with van der Waals surface area (Å²) in [5.41, 5.74) is -2.04. The van der Waals surface area contributed by atoms with Crippen molar-refractivity contribution in [2.45, 2.75) is 16.9 Å². The van der Waals surface area contributed by atoms with Crippen LogP contribution >= 0.6 is 11.8 Å². The van der Waals surface area contributed by atoms with Gasteiger partial charge in [0.05, 0.1) is 12.2 Å². The molecule has 0 saturated carbocycles. The second-order valence-electron chi connectivity index (χ2n) is 5.23. The lowest BCUT2D eigenvalue weighted by molar-refractivity contribution is -0.116. The van der Waals surface area contributed by atoms with E-state index in [0.29, 0.717) is 22.6 Å². The molecule has 134 valence electrons. The van der Waals surface area contributed by atoms with Crippen LogP contribution in [0.2, 0.25) is 0 Å². The molecule has 26 heavy (non-hydrogen) atoms. The number of halogens is 3. The summed E-state index contributed by atoms with van der Waals surface area (Å²) >= 11 is -0.171. The van der Waals surface area contributed by atoms with Crippen LogP contribution in [0.4, 0.5) is 13.2 Å². The molecule has 1 aromatic carbocycles. The van der Waals surface area contributed by atoms with Crippen molar-refractivity contribution in [3.63, 3.8) is 0 Å². The molecule has 0 fully saturated rings. The lowest BCUT2D eigenvalue weighted by Crippen LogP contribution is -2.21. The summed E-state index contributed by atoms with van der Waals surface area (Å²) in [5, 5.41) is 2.64. The molecular formula is C17H13F3N4OS. The van der Waals surface area contributed by atoms with Crippen molar-refractivity contribution in [1.82, 2.24) is 19.7 Å². The van der Waals surface area contributed by atoms with E-state index in [2.05, 4.69) is 21.9 Å². The number of thioether (sulfide) groups is 1. The van der Waals surface area contributed by atoms with Crippen LogP contribution < -0.4 is 5.32 Å². The number of rotatable bonds is 5. The zero-order valence-corrected chi connectivity index (χ0v) is 14.1. The Hall–Kier alpha value is -2.81. The summed E-state index contributed by atoms with van der Waals surface area (Å²) in [6.45, 7) is 3.57. The van der Waals surface area contributed by atoms with Crippen LogP contribution in [0.1, 0.15) is 5.69 Å². The van der Waals surface area contributed by atoms with Gasteiger partial charge in [0.2, 0.25) is 5.91 Å². The fourth-order valence-corrected chi connectivity index (χ4v) is 2.87. The summed E-state index contributed by atoms with van der Waals surface area (Å²) in [5.74, 6) is -0.326. The van der Waals surface area contributed by atoms with Gasteiger partial charge in [-0.2, -0.15) is 13.2 Å². The molecule has 0 aliphatic carbocycles. The summed E-state index contributed by atoms with van der Waals surface area (Å²) in [4.78, 5) is 20.2. The molecule has 0 radical (unpaired) electrons. The average molecular weight is 378 g/mol. The minimum absolute atomic E-state index is 0.0926. The van der Waals surface area contributed by atoms with Gasteiger partial charge in [-0.25, -0.2) is 9.97 Å². The number of fused-ring (bicyclic) bond motifs is 1. The van der Waals surface area contributed by atoms with E-state index in [1.165, 1.54) is 12.1 Å². The predicted octanol–water partition coefficient (Wildman–Crippen LogP) is 3.81. The third kappa shape index (κ3) is 4.23. The maximum absolute atomic E-state index is 12.5. The van der Waals surface area contributed by atoms with Gasteiger partial charge >= 0.3 is 5.51 Å². The molecule has 1 amide bonds. The Morgan fingerprint density at radius 1 is 1.31 bits per heavy atom. The van der Waals surface area contributed by atoms with Crippen LogP contribution in [-0.4, -0.2) is 25.8 Å². The predicted molar refractivity (Wildman–Crippen MR) is 92.4 cm³/mol. The molecule has 5 nitrogen and oxygen atoms in total. The largest absolute Gasteiger partial charge is 0.446 e. The average Bonchev–Trinajstić information content (AvgIpc) is 3.06. The number of benzene rings is 1. The minimum Gasteiger partial charge on any atom is -0.347 e. The molecule has 0 bridgehead atoms. The van der Waals surface area contributed by atoms with E-state index in [-0.39, 0.29) is 29.1 Å². The van der Waals surface area contributed by atoms with Gasteiger partial charge in [0, 0.05) is 29.0 Å². The van der Waals surface area contributed by atoms with Gasteiger partial charge in [0.25, 0.3) is 0 Å². The fraction of sp³-hybridized carbons (Fsp3) is 0.118. The molecular weight excluding hydrogens is 365 g/mol. The molecule has 0 atom stereocenters. The molecule has 0 aliphatic rings. The van der Waals surface area contributed by atoms with Gasteiger partial charge in [-0.15, -0.1) is 0 Å². The molecule has 3 rings (SSSR count). The van der Waals surface area contributed by atoms with Crippen LogP contribution in [-0.2, 0) is 11.3 Å². The SMILES string of the molecule is C=CC(=O)NCc1cn2ccnc2c(-c2ccc(SC(F)(F)F)cc2)n1. The first-order valence-electron chi connectivity index (χ1n) is 7.45. The Bertz CT molecular complexity index is 951. The molecule has 9 heteroatoms. The highest BCUT2D eigenvalue weighted by molar-refractivity contribution is 8.00. The minimum atomic E-state index is -4.33. The molecule has 0 saturated heterocycles. The lowest BCUT2D eigenvalue weighted by atomic mass is 10.1. The first-order chi connectivity index (χ1) is 12.4. The normalized spacial score (nSPS) is 11.5. The van der Waals surface area contributed by atoms with E-state index in [1.807, 2.05) is 0 Å². The number of nitrogens with one attached hydrogen (secondary N) is 1. The van der Waals surface area contributed by atoms with Crippen LogP contribution in [0.25, 0.3) is 16.9 Å². The molecule has 3 aromatic rings. The monoisotopic (exact) mass is 378 g/mol. The molecule has 2 heterocycles. The Morgan fingerprint density at radius 3 is 2.69 bits per heavy atom. The lowest BCUT2D eigenvalue weighted by Gasteiger charge is -2.09. The van der Waals surface area contributed by atoms with E-state index in [4.69, 9.17) is 0 Å². The topological polar surface area (TPSA) is 59.3 Å². The van der Waals surface area contributed by atoms with E-state index < -0.39 is 5.51 Å². The van der Waals surface area contributed by atoms with Crippen LogP contribution in [0, 0.1) is 0 Å². The highest BCUT2D eigenvalue weighted by Crippen LogP contribution is 2.37. The van der Waals surface area contributed by atoms with Crippen molar-refractivity contribution in [3.05, 3.63) is 61.2 Å². The highest BCUT2D eigenvalue weighted by atomic mass is 32.2. The van der Waals surface area contributed by atoms with Crippen LogP contribution in [0.3, 0.4) is 0 Å². The number of alkyl halides is 3. The van der Waals surface area contributed by atoms with Gasteiger partial charge in [0.15, 0.2) is 5.65 Å². The summed E-state index contributed by atoms with van der Waals surface area (Å²) < 4.78 is 39.1. The number of carbonyl (C=O) groups excluding carboxylic acids is 1. The number of carbonyl (C=O) groups is 1. The van der Waals surface area contributed by atoms with Crippen molar-refractivity contribution >= 4 is 23.3 Å². The zero-order valence-electron chi connectivity index (χ0n) is 13.3. The summed E-state index contributed by atoms with van der Waals surface area (Å²) in [7, 11) is 0. The number of hydrogen-bond donors (Lipinski definition) is 1.